The predicted molar refractivity (Wildman–Crippen MR) is 108 cm³/mol. The molecule has 1 saturated heterocycles. The minimum Gasteiger partial charge on any atom is -0.353 e. The fourth-order valence-corrected chi connectivity index (χ4v) is 3.21. The molecule has 142 valence electrons. The Labute approximate surface area is 163 Å². The number of hydrogen-bond donors (Lipinski definition) is 0. The van der Waals surface area contributed by atoms with Crippen molar-refractivity contribution in [3.63, 3.8) is 0 Å². The first kappa shape index (κ1) is 17.9. The zero-order valence-corrected chi connectivity index (χ0v) is 15.8. The Balaban J connectivity index is 1.40. The van der Waals surface area contributed by atoms with Crippen molar-refractivity contribution < 1.29 is 4.79 Å². The number of amides is 1. The van der Waals surface area contributed by atoms with Gasteiger partial charge in [-0.25, -0.2) is 14.6 Å². The van der Waals surface area contributed by atoms with Crippen molar-refractivity contribution in [1.82, 2.24) is 24.6 Å². The van der Waals surface area contributed by atoms with Crippen LogP contribution in [0, 0.1) is 6.92 Å². The molecule has 3 aromatic rings. The smallest absolute Gasteiger partial charge is 0.246 e. The van der Waals surface area contributed by atoms with E-state index in [4.69, 9.17) is 0 Å². The van der Waals surface area contributed by atoms with Gasteiger partial charge in [-0.05, 0) is 24.6 Å². The summed E-state index contributed by atoms with van der Waals surface area (Å²) >= 11 is 0. The molecular weight excluding hydrogens is 352 g/mol. The van der Waals surface area contributed by atoms with Gasteiger partial charge in [0, 0.05) is 50.7 Å². The summed E-state index contributed by atoms with van der Waals surface area (Å²) in [5.41, 5.74) is 1.03. The summed E-state index contributed by atoms with van der Waals surface area (Å²) in [7, 11) is 0. The molecule has 0 atom stereocenters. The molecular formula is C21H22N6O. The molecule has 7 nitrogen and oxygen atoms in total. The van der Waals surface area contributed by atoms with Crippen LogP contribution in [-0.4, -0.2) is 56.7 Å². The second kappa shape index (κ2) is 8.04. The Morgan fingerprint density at radius 2 is 1.75 bits per heavy atom. The van der Waals surface area contributed by atoms with Crippen LogP contribution in [0.4, 0.5) is 5.82 Å². The van der Waals surface area contributed by atoms with Gasteiger partial charge >= 0.3 is 0 Å². The van der Waals surface area contributed by atoms with Gasteiger partial charge in [0.25, 0.3) is 0 Å². The van der Waals surface area contributed by atoms with Crippen LogP contribution in [0.2, 0.25) is 0 Å². The van der Waals surface area contributed by atoms with E-state index in [1.54, 1.807) is 17.0 Å². The lowest BCUT2D eigenvalue weighted by molar-refractivity contribution is -0.126. The molecule has 0 N–H and O–H groups in total. The highest BCUT2D eigenvalue weighted by atomic mass is 16.2. The van der Waals surface area contributed by atoms with Crippen LogP contribution in [0.25, 0.3) is 11.9 Å². The first-order chi connectivity index (χ1) is 13.7. The molecule has 1 aromatic carbocycles. The van der Waals surface area contributed by atoms with Gasteiger partial charge in [0.2, 0.25) is 5.91 Å². The number of piperazine rings is 1. The normalized spacial score (nSPS) is 14.6. The summed E-state index contributed by atoms with van der Waals surface area (Å²) in [5, 5.41) is 4.24. The Morgan fingerprint density at radius 1 is 1.00 bits per heavy atom. The third-order valence-corrected chi connectivity index (χ3v) is 4.68. The zero-order valence-electron chi connectivity index (χ0n) is 15.8. The van der Waals surface area contributed by atoms with Gasteiger partial charge in [0.1, 0.15) is 11.6 Å². The molecule has 0 bridgehead atoms. The van der Waals surface area contributed by atoms with Crippen LogP contribution in [0.15, 0.2) is 60.9 Å². The monoisotopic (exact) mass is 374 g/mol. The highest BCUT2D eigenvalue weighted by molar-refractivity contribution is 5.91. The molecule has 4 rings (SSSR count). The lowest BCUT2D eigenvalue weighted by Gasteiger charge is -2.35. The maximum Gasteiger partial charge on any atom is 0.246 e. The SMILES string of the molecule is Cc1nc(N2CCN(C(=O)/C=C/c3ccccc3)CC2)cc(-n2cccn2)n1. The molecule has 3 heterocycles. The molecule has 0 saturated carbocycles. The van der Waals surface area contributed by atoms with Crippen molar-refractivity contribution in [1.29, 1.82) is 0 Å². The van der Waals surface area contributed by atoms with E-state index in [9.17, 15) is 4.79 Å². The predicted octanol–water partition coefficient (Wildman–Crippen LogP) is 2.33. The second-order valence-corrected chi connectivity index (χ2v) is 6.64. The van der Waals surface area contributed by atoms with Gasteiger partial charge in [-0.1, -0.05) is 30.3 Å². The van der Waals surface area contributed by atoms with Crippen molar-refractivity contribution in [3.05, 3.63) is 72.3 Å². The molecule has 28 heavy (non-hydrogen) atoms. The van der Waals surface area contributed by atoms with E-state index in [2.05, 4.69) is 20.0 Å². The van der Waals surface area contributed by atoms with Crippen molar-refractivity contribution >= 4 is 17.8 Å². The first-order valence-corrected chi connectivity index (χ1v) is 9.32. The summed E-state index contributed by atoms with van der Waals surface area (Å²) in [6, 6.07) is 13.7. The molecule has 1 aliphatic heterocycles. The molecule has 1 fully saturated rings. The first-order valence-electron chi connectivity index (χ1n) is 9.32. The average Bonchev–Trinajstić information content (AvgIpc) is 3.27. The van der Waals surface area contributed by atoms with Crippen molar-refractivity contribution in [2.24, 2.45) is 0 Å². The number of carbonyl (C=O) groups is 1. The largest absolute Gasteiger partial charge is 0.353 e. The van der Waals surface area contributed by atoms with Gasteiger partial charge in [-0.15, -0.1) is 0 Å². The summed E-state index contributed by atoms with van der Waals surface area (Å²) in [6.07, 6.45) is 7.10. The average molecular weight is 374 g/mol. The summed E-state index contributed by atoms with van der Waals surface area (Å²) < 4.78 is 1.73. The number of anilines is 1. The van der Waals surface area contributed by atoms with Crippen LogP contribution in [0.5, 0.6) is 0 Å². The van der Waals surface area contributed by atoms with E-state index in [1.807, 2.05) is 66.6 Å². The Morgan fingerprint density at radius 3 is 2.46 bits per heavy atom. The number of rotatable bonds is 4. The number of benzene rings is 1. The maximum absolute atomic E-state index is 12.5. The lowest BCUT2D eigenvalue weighted by Crippen LogP contribution is -2.48. The van der Waals surface area contributed by atoms with E-state index in [-0.39, 0.29) is 5.91 Å². The van der Waals surface area contributed by atoms with E-state index in [0.29, 0.717) is 18.9 Å². The van der Waals surface area contributed by atoms with Crippen LogP contribution < -0.4 is 4.90 Å². The van der Waals surface area contributed by atoms with Gasteiger partial charge < -0.3 is 9.80 Å². The van der Waals surface area contributed by atoms with Crippen LogP contribution in [0.3, 0.4) is 0 Å². The van der Waals surface area contributed by atoms with Gasteiger partial charge in [-0.2, -0.15) is 5.10 Å². The number of aromatic nitrogens is 4. The molecule has 7 heteroatoms. The van der Waals surface area contributed by atoms with Crippen LogP contribution >= 0.6 is 0 Å². The second-order valence-electron chi connectivity index (χ2n) is 6.64. The Kier molecular flexibility index (Phi) is 5.14. The van der Waals surface area contributed by atoms with Gasteiger partial charge in [-0.3, -0.25) is 4.79 Å². The summed E-state index contributed by atoms with van der Waals surface area (Å²) in [5.74, 6) is 2.36. The minimum absolute atomic E-state index is 0.0413. The third kappa shape index (κ3) is 4.09. The molecule has 0 aliphatic carbocycles. The van der Waals surface area contributed by atoms with E-state index < -0.39 is 0 Å². The molecule has 0 radical (unpaired) electrons. The van der Waals surface area contributed by atoms with Crippen LogP contribution in [-0.2, 0) is 4.79 Å². The maximum atomic E-state index is 12.5. The summed E-state index contributed by atoms with van der Waals surface area (Å²) in [4.78, 5) is 25.5. The topological polar surface area (TPSA) is 67.2 Å². The lowest BCUT2D eigenvalue weighted by atomic mass is 10.2. The Bertz CT molecular complexity index is 960. The molecule has 2 aromatic heterocycles. The van der Waals surface area contributed by atoms with E-state index in [0.717, 1.165) is 30.3 Å². The highest BCUT2D eigenvalue weighted by Crippen LogP contribution is 2.17. The third-order valence-electron chi connectivity index (χ3n) is 4.68. The highest BCUT2D eigenvalue weighted by Gasteiger charge is 2.21. The number of hydrogen-bond acceptors (Lipinski definition) is 5. The van der Waals surface area contributed by atoms with Crippen molar-refractivity contribution in [3.8, 4) is 5.82 Å². The fraction of sp³-hybridized carbons (Fsp3) is 0.238. The van der Waals surface area contributed by atoms with Crippen molar-refractivity contribution in [2.75, 3.05) is 31.1 Å². The minimum atomic E-state index is 0.0413. The quantitative estimate of drug-likeness (QED) is 0.656. The number of nitrogens with zero attached hydrogens (tertiary/aromatic N) is 6. The number of aryl methyl sites for hydroxylation is 1. The fourth-order valence-electron chi connectivity index (χ4n) is 3.21. The van der Waals surface area contributed by atoms with E-state index in [1.165, 1.54) is 0 Å². The molecule has 1 aliphatic rings. The standard InChI is InChI=1S/C21H22N6O/c1-17-23-19(16-20(24-17)27-11-5-10-22-27)25-12-14-26(15-13-25)21(28)9-8-18-6-3-2-4-7-18/h2-11,16H,12-15H2,1H3/b9-8+. The molecule has 1 amide bonds. The van der Waals surface area contributed by atoms with Crippen molar-refractivity contribution in [2.45, 2.75) is 6.92 Å². The molecule has 0 spiro atoms. The van der Waals surface area contributed by atoms with Crippen LogP contribution in [0.1, 0.15) is 11.4 Å². The zero-order chi connectivity index (χ0) is 19.3. The van der Waals surface area contributed by atoms with Gasteiger partial charge in [0.05, 0.1) is 0 Å². The molecule has 0 unspecified atom stereocenters. The number of carbonyl (C=O) groups excluding carboxylic acids is 1. The Hall–Kier alpha value is -3.48. The van der Waals surface area contributed by atoms with E-state index >= 15 is 0 Å². The van der Waals surface area contributed by atoms with Gasteiger partial charge in [0.15, 0.2) is 5.82 Å². The summed E-state index contributed by atoms with van der Waals surface area (Å²) in [6.45, 7) is 4.68.